The predicted molar refractivity (Wildman–Crippen MR) is 138 cm³/mol. The number of aryl methyl sites for hydroxylation is 1. The fourth-order valence-corrected chi connectivity index (χ4v) is 5.78. The van der Waals surface area contributed by atoms with Gasteiger partial charge >= 0.3 is 0 Å². The fourth-order valence-electron chi connectivity index (χ4n) is 3.36. The molecule has 9 heteroatoms. The lowest BCUT2D eigenvalue weighted by atomic mass is 10.2. The number of para-hydroxylation sites is 2. The third kappa shape index (κ3) is 5.75. The number of aromatic amines is 1. The van der Waals surface area contributed by atoms with Gasteiger partial charge in [0.15, 0.2) is 5.03 Å². The molecule has 0 saturated carbocycles. The summed E-state index contributed by atoms with van der Waals surface area (Å²) in [7, 11) is -3.88. The Balaban J connectivity index is 1.62. The number of rotatable bonds is 9. The highest BCUT2D eigenvalue weighted by molar-refractivity contribution is 8.00. The van der Waals surface area contributed by atoms with Gasteiger partial charge in [-0.1, -0.05) is 71.9 Å². The zero-order valence-electron chi connectivity index (χ0n) is 19.3. The van der Waals surface area contributed by atoms with Gasteiger partial charge in [0.2, 0.25) is 15.7 Å². The van der Waals surface area contributed by atoms with Crippen LogP contribution in [0.3, 0.4) is 0 Å². The average molecular weight is 508 g/mol. The molecule has 0 radical (unpaired) electrons. The molecule has 7 nitrogen and oxygen atoms in total. The molecule has 0 saturated heterocycles. The largest absolute Gasteiger partial charge is 0.492 e. The third-order valence-corrected chi connectivity index (χ3v) is 7.92. The number of sulfone groups is 1. The van der Waals surface area contributed by atoms with E-state index in [9.17, 15) is 13.2 Å². The zero-order valence-corrected chi connectivity index (χ0v) is 20.9. The van der Waals surface area contributed by atoms with E-state index >= 15 is 0 Å². The van der Waals surface area contributed by atoms with Crippen LogP contribution in [0.2, 0.25) is 0 Å². The van der Waals surface area contributed by atoms with Crippen LogP contribution in [0.5, 0.6) is 5.75 Å². The standard InChI is InChI=1S/C26H25N3O4S2/c1-3-33-22-12-8-7-11-21(22)27-23(30)17-34-25-26(29-24(28-25)19-9-5-4-6-10-19)35(31,32)20-15-13-18(2)14-16-20/h4-16H,3,17H2,1-2H3,(H,27,30)(H,28,29). The van der Waals surface area contributed by atoms with Gasteiger partial charge in [-0.2, -0.15) is 0 Å². The summed E-state index contributed by atoms with van der Waals surface area (Å²) < 4.78 is 32.5. The molecule has 3 aromatic carbocycles. The van der Waals surface area contributed by atoms with Crippen LogP contribution in [-0.2, 0) is 14.6 Å². The lowest BCUT2D eigenvalue weighted by Crippen LogP contribution is -2.15. The molecule has 0 unspecified atom stereocenters. The van der Waals surface area contributed by atoms with E-state index in [0.29, 0.717) is 23.9 Å². The van der Waals surface area contributed by atoms with Crippen molar-refractivity contribution in [1.82, 2.24) is 9.97 Å². The number of hydrogen-bond acceptors (Lipinski definition) is 6. The van der Waals surface area contributed by atoms with E-state index < -0.39 is 9.84 Å². The van der Waals surface area contributed by atoms with Crippen LogP contribution in [-0.4, -0.2) is 36.7 Å². The molecule has 0 aliphatic heterocycles. The van der Waals surface area contributed by atoms with E-state index in [0.717, 1.165) is 22.9 Å². The Morgan fingerprint density at radius 2 is 1.69 bits per heavy atom. The molecule has 2 N–H and O–H groups in total. The Kier molecular flexibility index (Phi) is 7.57. The van der Waals surface area contributed by atoms with Crippen molar-refractivity contribution in [2.24, 2.45) is 0 Å². The summed E-state index contributed by atoms with van der Waals surface area (Å²) in [6.45, 7) is 4.23. The molecule has 1 aromatic heterocycles. The number of H-pyrrole nitrogens is 1. The van der Waals surface area contributed by atoms with Gasteiger partial charge in [0.05, 0.1) is 22.9 Å². The molecular weight excluding hydrogens is 482 g/mol. The monoisotopic (exact) mass is 507 g/mol. The summed E-state index contributed by atoms with van der Waals surface area (Å²) in [4.78, 5) is 20.4. The quantitative estimate of drug-likeness (QED) is 0.296. The predicted octanol–water partition coefficient (Wildman–Crippen LogP) is 5.35. The van der Waals surface area contributed by atoms with Crippen molar-refractivity contribution >= 4 is 33.2 Å². The van der Waals surface area contributed by atoms with E-state index in [1.54, 1.807) is 42.5 Å². The van der Waals surface area contributed by atoms with Gasteiger partial charge in [0, 0.05) is 5.56 Å². The summed E-state index contributed by atoms with van der Waals surface area (Å²) in [6.07, 6.45) is 0. The number of ether oxygens (including phenoxy) is 1. The number of thioether (sulfide) groups is 1. The van der Waals surface area contributed by atoms with Crippen molar-refractivity contribution in [1.29, 1.82) is 0 Å². The molecule has 0 aliphatic carbocycles. The summed E-state index contributed by atoms with van der Waals surface area (Å²) in [6, 6.07) is 23.0. The van der Waals surface area contributed by atoms with Crippen LogP contribution in [0.25, 0.3) is 11.4 Å². The van der Waals surface area contributed by atoms with E-state index in [1.807, 2.05) is 50.2 Å². The van der Waals surface area contributed by atoms with Crippen LogP contribution >= 0.6 is 11.8 Å². The highest BCUT2D eigenvalue weighted by Gasteiger charge is 2.27. The van der Waals surface area contributed by atoms with Crippen molar-refractivity contribution in [3.05, 3.63) is 84.4 Å². The van der Waals surface area contributed by atoms with Gasteiger partial charge in [-0.3, -0.25) is 4.79 Å². The zero-order chi connectivity index (χ0) is 24.8. The van der Waals surface area contributed by atoms with E-state index in [2.05, 4.69) is 15.3 Å². The van der Waals surface area contributed by atoms with Crippen molar-refractivity contribution in [3.63, 3.8) is 0 Å². The highest BCUT2D eigenvalue weighted by Crippen LogP contribution is 2.32. The minimum absolute atomic E-state index is 0.0318. The topological polar surface area (TPSA) is 101 Å². The van der Waals surface area contributed by atoms with E-state index in [-0.39, 0.29) is 26.6 Å². The first-order valence-electron chi connectivity index (χ1n) is 11.0. The Hall–Kier alpha value is -3.56. The van der Waals surface area contributed by atoms with Crippen LogP contribution in [0.1, 0.15) is 12.5 Å². The maximum absolute atomic E-state index is 13.5. The molecule has 180 valence electrons. The number of aromatic nitrogens is 2. The highest BCUT2D eigenvalue weighted by atomic mass is 32.2. The number of carbonyl (C=O) groups excluding carboxylic acids is 1. The summed E-state index contributed by atoms with van der Waals surface area (Å²) in [5.74, 6) is 0.656. The van der Waals surface area contributed by atoms with E-state index in [1.165, 1.54) is 0 Å². The second-order valence-electron chi connectivity index (χ2n) is 7.67. The molecule has 0 bridgehead atoms. The number of anilines is 1. The fraction of sp³-hybridized carbons (Fsp3) is 0.154. The van der Waals surface area contributed by atoms with Gasteiger partial charge in [0.1, 0.15) is 16.6 Å². The molecule has 1 heterocycles. The van der Waals surface area contributed by atoms with Crippen LogP contribution in [0, 0.1) is 6.92 Å². The van der Waals surface area contributed by atoms with Gasteiger partial charge in [-0.25, -0.2) is 13.4 Å². The number of benzene rings is 3. The first-order chi connectivity index (χ1) is 16.9. The van der Waals surface area contributed by atoms with E-state index in [4.69, 9.17) is 4.74 Å². The molecule has 0 atom stereocenters. The third-order valence-electron chi connectivity index (χ3n) is 5.09. The number of nitrogens with zero attached hydrogens (tertiary/aromatic N) is 1. The minimum Gasteiger partial charge on any atom is -0.492 e. The van der Waals surface area contributed by atoms with Crippen molar-refractivity contribution in [2.75, 3.05) is 17.7 Å². The molecule has 0 spiro atoms. The normalized spacial score (nSPS) is 11.3. The number of imidazole rings is 1. The number of amides is 1. The Labute approximate surface area is 208 Å². The Morgan fingerprint density at radius 3 is 2.40 bits per heavy atom. The SMILES string of the molecule is CCOc1ccccc1NC(=O)CSc1nc(-c2ccccc2)[nH]c1S(=O)(=O)c1ccc(C)cc1. The van der Waals surface area contributed by atoms with Gasteiger partial charge in [0.25, 0.3) is 0 Å². The van der Waals surface area contributed by atoms with Crippen LogP contribution in [0.15, 0.2) is 93.8 Å². The van der Waals surface area contributed by atoms with Crippen molar-refractivity contribution in [3.8, 4) is 17.1 Å². The molecule has 4 aromatic rings. The number of carbonyl (C=O) groups is 1. The smallest absolute Gasteiger partial charge is 0.234 e. The minimum atomic E-state index is -3.88. The maximum atomic E-state index is 13.5. The lowest BCUT2D eigenvalue weighted by molar-refractivity contribution is -0.113. The van der Waals surface area contributed by atoms with Gasteiger partial charge in [-0.05, 0) is 38.1 Å². The first kappa shape index (κ1) is 24.6. The van der Waals surface area contributed by atoms with Crippen molar-refractivity contribution in [2.45, 2.75) is 28.8 Å². The Bertz CT molecular complexity index is 1420. The first-order valence-corrected chi connectivity index (χ1v) is 13.5. The second-order valence-corrected chi connectivity index (χ2v) is 10.5. The average Bonchev–Trinajstić information content (AvgIpc) is 3.30. The van der Waals surface area contributed by atoms with Crippen molar-refractivity contribution < 1.29 is 17.9 Å². The molecule has 35 heavy (non-hydrogen) atoms. The molecule has 1 amide bonds. The summed E-state index contributed by atoms with van der Waals surface area (Å²) >= 11 is 1.06. The molecule has 0 fully saturated rings. The summed E-state index contributed by atoms with van der Waals surface area (Å²) in [5.41, 5.74) is 2.26. The number of hydrogen-bond donors (Lipinski definition) is 2. The van der Waals surface area contributed by atoms with Crippen LogP contribution < -0.4 is 10.1 Å². The summed E-state index contributed by atoms with van der Waals surface area (Å²) in [5, 5.41) is 3.03. The van der Waals surface area contributed by atoms with Gasteiger partial charge in [-0.15, -0.1) is 0 Å². The lowest BCUT2D eigenvalue weighted by Gasteiger charge is -2.11. The maximum Gasteiger partial charge on any atom is 0.234 e. The number of nitrogens with one attached hydrogen (secondary N) is 2. The molecule has 4 rings (SSSR count). The van der Waals surface area contributed by atoms with Gasteiger partial charge < -0.3 is 15.0 Å². The molecule has 0 aliphatic rings. The van der Waals surface area contributed by atoms with Crippen LogP contribution in [0.4, 0.5) is 5.69 Å². The Morgan fingerprint density at radius 1 is 1.00 bits per heavy atom. The second kappa shape index (κ2) is 10.8. The molecular formula is C26H25N3O4S2.